The molecule has 0 unspecified atom stereocenters. The van der Waals surface area contributed by atoms with Gasteiger partial charge in [0.25, 0.3) is 6.43 Å². The van der Waals surface area contributed by atoms with E-state index < -0.39 is 6.43 Å². The number of aromatic nitrogens is 4. The number of carbonyl (C=O) groups excluding carboxylic acids is 1. The van der Waals surface area contributed by atoms with Gasteiger partial charge in [0, 0.05) is 44.4 Å². The normalized spacial score (nSPS) is 18.6. The van der Waals surface area contributed by atoms with Crippen LogP contribution < -0.4 is 15.0 Å². The van der Waals surface area contributed by atoms with Crippen LogP contribution in [0.4, 0.5) is 14.6 Å². The van der Waals surface area contributed by atoms with Crippen molar-refractivity contribution in [3.05, 3.63) is 58.9 Å². The van der Waals surface area contributed by atoms with E-state index in [1.165, 1.54) is 23.0 Å². The van der Waals surface area contributed by atoms with Crippen LogP contribution in [0.1, 0.15) is 17.7 Å². The largest absolute Gasteiger partial charge is 0.470 e. The Kier molecular flexibility index (Phi) is 6.29. The maximum absolute atomic E-state index is 12.8. The first-order valence-corrected chi connectivity index (χ1v) is 11.2. The number of nitrogens with zero attached hydrogens (tertiary/aromatic N) is 6. The number of rotatable bonds is 6. The van der Waals surface area contributed by atoms with E-state index in [0.717, 1.165) is 19.6 Å². The summed E-state index contributed by atoms with van der Waals surface area (Å²) in [6.45, 7) is 3.71. The van der Waals surface area contributed by atoms with E-state index in [0.29, 0.717) is 41.2 Å². The second-order valence-electron chi connectivity index (χ2n) is 8.05. The number of fused-ring (bicyclic) bond motifs is 1. The molecule has 0 spiro atoms. The van der Waals surface area contributed by atoms with E-state index in [2.05, 4.69) is 25.5 Å². The number of carbonyl (C=O) groups is 1. The molecule has 9 nitrogen and oxygen atoms in total. The average molecular weight is 490 g/mol. The summed E-state index contributed by atoms with van der Waals surface area (Å²) in [7, 11) is 0. The molecule has 12 heteroatoms. The lowest BCUT2D eigenvalue weighted by molar-refractivity contribution is -0.129. The van der Waals surface area contributed by atoms with Crippen LogP contribution in [0, 0.1) is 0 Å². The third-order valence-corrected chi connectivity index (χ3v) is 6.32. The minimum Gasteiger partial charge on any atom is -0.470 e. The summed E-state index contributed by atoms with van der Waals surface area (Å²) in [6, 6.07) is 9.13. The van der Waals surface area contributed by atoms with Crippen molar-refractivity contribution in [1.29, 1.82) is 0 Å². The Morgan fingerprint density at radius 3 is 2.68 bits per heavy atom. The van der Waals surface area contributed by atoms with Crippen molar-refractivity contribution in [3.8, 4) is 11.6 Å². The zero-order chi connectivity index (χ0) is 23.7. The summed E-state index contributed by atoms with van der Waals surface area (Å²) in [5.41, 5.74) is 1.07. The summed E-state index contributed by atoms with van der Waals surface area (Å²) in [4.78, 5) is 16.4. The first-order valence-electron chi connectivity index (χ1n) is 10.8. The van der Waals surface area contributed by atoms with E-state index in [4.69, 9.17) is 16.3 Å². The van der Waals surface area contributed by atoms with Crippen molar-refractivity contribution >= 4 is 23.3 Å². The number of ether oxygens (including phenoxy) is 1. The van der Waals surface area contributed by atoms with Crippen LogP contribution in [0.5, 0.6) is 5.88 Å². The lowest BCUT2D eigenvalue weighted by Crippen LogP contribution is -2.64. The predicted molar refractivity (Wildman–Crippen MR) is 120 cm³/mol. The Balaban J connectivity index is 1.24. The Bertz CT molecular complexity index is 1160. The lowest BCUT2D eigenvalue weighted by atomic mass is 10.1. The fraction of sp³-hybridized carbons (Fsp3) is 0.364. The molecule has 2 saturated heterocycles. The number of anilines is 1. The molecule has 1 atom stereocenters. The molecule has 0 saturated carbocycles. The number of nitrogens with one attached hydrogen (secondary N) is 1. The molecule has 2 aliphatic rings. The number of halogens is 3. The Morgan fingerprint density at radius 2 is 1.94 bits per heavy atom. The summed E-state index contributed by atoms with van der Waals surface area (Å²) in [5, 5.41) is 15.9. The first kappa shape index (κ1) is 22.5. The smallest absolute Gasteiger partial charge is 0.263 e. The Morgan fingerprint density at radius 1 is 1.12 bits per heavy atom. The van der Waals surface area contributed by atoms with Crippen LogP contribution >= 0.6 is 11.6 Å². The van der Waals surface area contributed by atoms with Gasteiger partial charge in [-0.2, -0.15) is 5.10 Å². The highest BCUT2D eigenvalue weighted by molar-refractivity contribution is 6.31. The molecule has 2 aliphatic heterocycles. The van der Waals surface area contributed by atoms with Gasteiger partial charge in [-0.05, 0) is 18.2 Å². The number of hydrogen-bond donors (Lipinski definition) is 1. The SMILES string of the molecule is O=C1NCCN2CCN(c3ccc(OCc4c(Cl)cnn4-c4ccc(C(F)F)cc4)nn3)C[C@@H]12. The van der Waals surface area contributed by atoms with E-state index in [1.807, 2.05) is 4.90 Å². The molecule has 2 aromatic heterocycles. The summed E-state index contributed by atoms with van der Waals surface area (Å²) >= 11 is 6.27. The van der Waals surface area contributed by atoms with Gasteiger partial charge < -0.3 is 15.0 Å². The predicted octanol–water partition coefficient (Wildman–Crippen LogP) is 2.45. The lowest BCUT2D eigenvalue weighted by Gasteiger charge is -2.43. The molecule has 1 aromatic carbocycles. The fourth-order valence-corrected chi connectivity index (χ4v) is 4.33. The molecule has 1 N–H and O–H groups in total. The maximum atomic E-state index is 12.8. The van der Waals surface area contributed by atoms with Gasteiger partial charge in [-0.15, -0.1) is 10.2 Å². The summed E-state index contributed by atoms with van der Waals surface area (Å²) in [5.74, 6) is 1.02. The van der Waals surface area contributed by atoms with Crippen LogP contribution in [0.25, 0.3) is 5.69 Å². The standard InChI is InChI=1S/C22H22ClF2N7O2/c23-16-11-27-32(15-3-1-14(2-4-15)21(24)25)18(16)13-34-20-6-5-19(28-29-20)31-10-9-30-8-7-26-22(33)17(30)12-31/h1-6,11,17,21H,7-10,12-13H2,(H,26,33)/t17-/m0/s1. The van der Waals surface area contributed by atoms with Gasteiger partial charge in [0.1, 0.15) is 18.3 Å². The molecule has 2 fully saturated rings. The van der Waals surface area contributed by atoms with Crippen LogP contribution in [-0.2, 0) is 11.4 Å². The average Bonchev–Trinajstić information content (AvgIpc) is 3.23. The van der Waals surface area contributed by atoms with Crippen molar-refractivity contribution in [2.24, 2.45) is 0 Å². The summed E-state index contributed by atoms with van der Waals surface area (Å²) in [6.07, 6.45) is -1.07. The van der Waals surface area contributed by atoms with Crippen molar-refractivity contribution < 1.29 is 18.3 Å². The van der Waals surface area contributed by atoms with Crippen LogP contribution in [0.2, 0.25) is 5.02 Å². The van der Waals surface area contributed by atoms with Gasteiger partial charge in [-0.3, -0.25) is 9.69 Å². The van der Waals surface area contributed by atoms with Crippen LogP contribution in [0.3, 0.4) is 0 Å². The highest BCUT2D eigenvalue weighted by Crippen LogP contribution is 2.25. The molecule has 1 amide bonds. The zero-order valence-electron chi connectivity index (χ0n) is 18.1. The van der Waals surface area contributed by atoms with E-state index in [9.17, 15) is 13.6 Å². The second-order valence-corrected chi connectivity index (χ2v) is 8.46. The van der Waals surface area contributed by atoms with Gasteiger partial charge in [0.15, 0.2) is 5.82 Å². The molecular weight excluding hydrogens is 468 g/mol. The number of benzene rings is 1. The molecule has 34 heavy (non-hydrogen) atoms. The van der Waals surface area contributed by atoms with Gasteiger partial charge >= 0.3 is 0 Å². The van der Waals surface area contributed by atoms with E-state index in [-0.39, 0.29) is 24.1 Å². The highest BCUT2D eigenvalue weighted by Gasteiger charge is 2.35. The zero-order valence-corrected chi connectivity index (χ0v) is 18.8. The minimum absolute atomic E-state index is 0.0428. The van der Waals surface area contributed by atoms with Crippen LogP contribution in [0.15, 0.2) is 42.6 Å². The number of alkyl halides is 2. The molecule has 3 aromatic rings. The maximum Gasteiger partial charge on any atom is 0.263 e. The van der Waals surface area contributed by atoms with Crippen molar-refractivity contribution in [1.82, 2.24) is 30.2 Å². The van der Waals surface area contributed by atoms with Gasteiger partial charge in [0.05, 0.1) is 16.9 Å². The van der Waals surface area contributed by atoms with Crippen LogP contribution in [-0.4, -0.2) is 69.6 Å². The molecule has 0 bridgehead atoms. The molecule has 178 valence electrons. The number of piperazine rings is 2. The minimum atomic E-state index is -2.54. The quantitative estimate of drug-likeness (QED) is 0.569. The molecule has 0 radical (unpaired) electrons. The van der Waals surface area contributed by atoms with Crippen molar-refractivity contribution in [2.45, 2.75) is 19.1 Å². The number of hydrogen-bond acceptors (Lipinski definition) is 7. The van der Waals surface area contributed by atoms with Crippen molar-refractivity contribution in [2.75, 3.05) is 37.6 Å². The highest BCUT2D eigenvalue weighted by atomic mass is 35.5. The topological polar surface area (TPSA) is 88.4 Å². The monoisotopic (exact) mass is 489 g/mol. The molecule has 4 heterocycles. The van der Waals surface area contributed by atoms with E-state index in [1.54, 1.807) is 24.3 Å². The second kappa shape index (κ2) is 9.51. The molecular formula is C22H22ClF2N7O2. The Labute approximate surface area is 199 Å². The molecule has 5 rings (SSSR count). The van der Waals surface area contributed by atoms with Gasteiger partial charge in [0.2, 0.25) is 11.8 Å². The third kappa shape index (κ3) is 4.53. The van der Waals surface area contributed by atoms with Gasteiger partial charge in [-0.25, -0.2) is 13.5 Å². The number of amides is 1. The van der Waals surface area contributed by atoms with Crippen molar-refractivity contribution in [3.63, 3.8) is 0 Å². The molecule has 0 aliphatic carbocycles. The summed E-state index contributed by atoms with van der Waals surface area (Å²) < 4.78 is 33.0. The van der Waals surface area contributed by atoms with Gasteiger partial charge in [-0.1, -0.05) is 23.7 Å². The van der Waals surface area contributed by atoms with E-state index >= 15 is 0 Å². The first-order chi connectivity index (χ1) is 16.5. The Hall–Kier alpha value is -3.31. The third-order valence-electron chi connectivity index (χ3n) is 6.01. The fourth-order valence-electron chi connectivity index (χ4n) is 4.15.